The summed E-state index contributed by atoms with van der Waals surface area (Å²) in [4.78, 5) is 28.7. The monoisotopic (exact) mass is 463 g/mol. The van der Waals surface area contributed by atoms with Gasteiger partial charge >= 0.3 is 0 Å². The SMILES string of the molecule is COc1cc(/C=N/NC(=O)c2cccc(C(=O)N/N=C/c3ccc(O)c(OC)c3)n2)ccc1O. The molecule has 0 saturated carbocycles. The number of phenolic OH excluding ortho intramolecular Hbond substituents is 2. The van der Waals surface area contributed by atoms with Gasteiger partial charge in [-0.15, -0.1) is 0 Å². The maximum absolute atomic E-state index is 12.3. The van der Waals surface area contributed by atoms with Crippen LogP contribution in [0.2, 0.25) is 0 Å². The fraction of sp³-hybridized carbons (Fsp3) is 0.0870. The number of methoxy groups -OCH3 is 2. The number of pyridine rings is 1. The first kappa shape index (κ1) is 23.7. The predicted molar refractivity (Wildman–Crippen MR) is 124 cm³/mol. The number of carbonyl (C=O) groups excluding carboxylic acids is 2. The number of hydrogen-bond acceptors (Lipinski definition) is 9. The van der Waals surface area contributed by atoms with Crippen molar-refractivity contribution in [3.05, 3.63) is 77.1 Å². The summed E-state index contributed by atoms with van der Waals surface area (Å²) in [6, 6.07) is 13.5. The van der Waals surface area contributed by atoms with Crippen LogP contribution in [-0.4, -0.2) is 53.7 Å². The van der Waals surface area contributed by atoms with Crippen molar-refractivity contribution in [2.75, 3.05) is 14.2 Å². The zero-order chi connectivity index (χ0) is 24.5. The number of carbonyl (C=O) groups is 2. The van der Waals surface area contributed by atoms with E-state index in [1.165, 1.54) is 57.0 Å². The summed E-state index contributed by atoms with van der Waals surface area (Å²) >= 11 is 0. The molecule has 3 aromatic rings. The molecule has 0 spiro atoms. The number of nitrogens with one attached hydrogen (secondary N) is 2. The topological polar surface area (TPSA) is 155 Å². The average molecular weight is 463 g/mol. The zero-order valence-electron chi connectivity index (χ0n) is 18.2. The quantitative estimate of drug-likeness (QED) is 0.294. The Hall–Kier alpha value is -4.93. The van der Waals surface area contributed by atoms with Crippen molar-refractivity contribution in [1.82, 2.24) is 15.8 Å². The molecule has 0 saturated heterocycles. The Kier molecular flexibility index (Phi) is 7.74. The number of benzene rings is 2. The minimum absolute atomic E-state index is 0.0184. The molecule has 0 unspecified atom stereocenters. The van der Waals surface area contributed by atoms with Gasteiger partial charge in [-0.2, -0.15) is 10.2 Å². The number of ether oxygens (including phenoxy) is 2. The lowest BCUT2D eigenvalue weighted by molar-refractivity contribution is 0.0945. The summed E-state index contributed by atoms with van der Waals surface area (Å²) in [7, 11) is 2.84. The molecule has 0 radical (unpaired) electrons. The molecular formula is C23H21N5O6. The number of aromatic nitrogens is 1. The van der Waals surface area contributed by atoms with Gasteiger partial charge in [0.25, 0.3) is 11.8 Å². The fourth-order valence-electron chi connectivity index (χ4n) is 2.68. The highest BCUT2D eigenvalue weighted by Gasteiger charge is 2.12. The highest BCUT2D eigenvalue weighted by molar-refractivity contribution is 5.97. The van der Waals surface area contributed by atoms with Gasteiger partial charge in [-0.05, 0) is 59.7 Å². The smallest absolute Gasteiger partial charge is 0.289 e. The lowest BCUT2D eigenvalue weighted by Gasteiger charge is -2.04. The molecule has 0 aliphatic heterocycles. The molecule has 2 amide bonds. The number of rotatable bonds is 8. The van der Waals surface area contributed by atoms with Crippen molar-refractivity contribution >= 4 is 24.2 Å². The van der Waals surface area contributed by atoms with E-state index in [9.17, 15) is 19.8 Å². The second kappa shape index (κ2) is 11.1. The first-order valence-corrected chi connectivity index (χ1v) is 9.79. The first-order chi connectivity index (χ1) is 16.4. The van der Waals surface area contributed by atoms with Gasteiger partial charge in [0.1, 0.15) is 11.4 Å². The molecule has 0 aliphatic carbocycles. The van der Waals surface area contributed by atoms with Crippen molar-refractivity contribution in [2.45, 2.75) is 0 Å². The molecule has 0 bridgehead atoms. The Balaban J connectivity index is 1.61. The zero-order valence-corrected chi connectivity index (χ0v) is 18.2. The number of hydrazone groups is 2. The van der Waals surface area contributed by atoms with E-state index in [0.29, 0.717) is 11.1 Å². The van der Waals surface area contributed by atoms with Crippen LogP contribution in [-0.2, 0) is 0 Å². The Morgan fingerprint density at radius 2 is 1.24 bits per heavy atom. The van der Waals surface area contributed by atoms with Gasteiger partial charge < -0.3 is 19.7 Å². The summed E-state index contributed by atoms with van der Waals surface area (Å²) in [5.41, 5.74) is 5.75. The molecule has 2 aromatic carbocycles. The molecule has 174 valence electrons. The van der Waals surface area contributed by atoms with Crippen molar-refractivity contribution in [3.8, 4) is 23.0 Å². The van der Waals surface area contributed by atoms with Crippen LogP contribution >= 0.6 is 0 Å². The summed E-state index contributed by atoms with van der Waals surface area (Å²) in [5, 5.41) is 26.9. The van der Waals surface area contributed by atoms with Crippen LogP contribution in [0.15, 0.2) is 64.8 Å². The Morgan fingerprint density at radius 1 is 0.794 bits per heavy atom. The van der Waals surface area contributed by atoms with Crippen LogP contribution in [0.3, 0.4) is 0 Å². The van der Waals surface area contributed by atoms with Crippen LogP contribution in [0.5, 0.6) is 23.0 Å². The fourth-order valence-corrected chi connectivity index (χ4v) is 2.68. The van der Waals surface area contributed by atoms with Gasteiger partial charge in [0.05, 0.1) is 26.6 Å². The van der Waals surface area contributed by atoms with E-state index in [2.05, 4.69) is 26.0 Å². The number of nitrogens with zero attached hydrogens (tertiary/aromatic N) is 3. The summed E-state index contributed by atoms with van der Waals surface area (Å²) in [6.07, 6.45) is 2.73. The second-order valence-corrected chi connectivity index (χ2v) is 6.67. The summed E-state index contributed by atoms with van der Waals surface area (Å²) < 4.78 is 10.0. The van der Waals surface area contributed by atoms with Gasteiger partial charge in [-0.25, -0.2) is 15.8 Å². The Bertz CT molecular complexity index is 1170. The normalized spacial score (nSPS) is 10.9. The summed E-state index contributed by atoms with van der Waals surface area (Å²) in [6.45, 7) is 0. The molecule has 34 heavy (non-hydrogen) atoms. The van der Waals surface area contributed by atoms with Crippen molar-refractivity contribution in [1.29, 1.82) is 0 Å². The van der Waals surface area contributed by atoms with E-state index in [1.807, 2.05) is 0 Å². The van der Waals surface area contributed by atoms with Crippen LogP contribution in [0.4, 0.5) is 0 Å². The van der Waals surface area contributed by atoms with Crippen molar-refractivity contribution in [2.24, 2.45) is 10.2 Å². The molecule has 1 heterocycles. The molecule has 0 aliphatic rings. The molecule has 11 nitrogen and oxygen atoms in total. The standard InChI is InChI=1S/C23H21N5O6/c1-33-20-10-14(6-8-18(20)29)12-24-27-22(31)16-4-3-5-17(26-16)23(32)28-25-13-15-7-9-19(30)21(11-15)34-2/h3-13,29-30H,1-2H3,(H,27,31)(H,28,32)/b24-12+,25-13+. The first-order valence-electron chi connectivity index (χ1n) is 9.79. The third kappa shape index (κ3) is 6.07. The van der Waals surface area contributed by atoms with Crippen LogP contribution in [0.1, 0.15) is 32.1 Å². The van der Waals surface area contributed by atoms with Gasteiger partial charge in [-0.1, -0.05) is 6.07 Å². The van der Waals surface area contributed by atoms with Gasteiger partial charge in [0.2, 0.25) is 0 Å². The van der Waals surface area contributed by atoms with E-state index in [1.54, 1.807) is 24.3 Å². The molecular weight excluding hydrogens is 442 g/mol. The molecule has 0 fully saturated rings. The van der Waals surface area contributed by atoms with E-state index in [4.69, 9.17) is 9.47 Å². The van der Waals surface area contributed by atoms with E-state index in [0.717, 1.165) is 0 Å². The van der Waals surface area contributed by atoms with E-state index in [-0.39, 0.29) is 34.4 Å². The van der Waals surface area contributed by atoms with Crippen molar-refractivity contribution < 1.29 is 29.3 Å². The highest BCUT2D eigenvalue weighted by Crippen LogP contribution is 2.26. The number of hydrogen-bond donors (Lipinski definition) is 4. The molecule has 11 heteroatoms. The maximum Gasteiger partial charge on any atom is 0.289 e. The van der Waals surface area contributed by atoms with E-state index >= 15 is 0 Å². The molecule has 4 N–H and O–H groups in total. The third-order valence-corrected chi connectivity index (χ3v) is 4.38. The average Bonchev–Trinajstić information content (AvgIpc) is 2.85. The van der Waals surface area contributed by atoms with Crippen molar-refractivity contribution in [3.63, 3.8) is 0 Å². The number of amides is 2. The molecule has 3 rings (SSSR count). The minimum Gasteiger partial charge on any atom is -0.504 e. The maximum atomic E-state index is 12.3. The highest BCUT2D eigenvalue weighted by atomic mass is 16.5. The van der Waals surface area contributed by atoms with E-state index < -0.39 is 11.8 Å². The Morgan fingerprint density at radius 3 is 1.65 bits per heavy atom. The predicted octanol–water partition coefficient (Wildman–Crippen LogP) is 2.04. The lowest BCUT2D eigenvalue weighted by Crippen LogP contribution is -2.23. The third-order valence-electron chi connectivity index (χ3n) is 4.38. The second-order valence-electron chi connectivity index (χ2n) is 6.67. The lowest BCUT2D eigenvalue weighted by atomic mass is 10.2. The van der Waals surface area contributed by atoms with Gasteiger partial charge in [-0.3, -0.25) is 9.59 Å². The van der Waals surface area contributed by atoms with Gasteiger partial charge in [0, 0.05) is 0 Å². The van der Waals surface area contributed by atoms with Crippen LogP contribution in [0.25, 0.3) is 0 Å². The molecule has 0 atom stereocenters. The minimum atomic E-state index is -0.628. The number of aromatic hydroxyl groups is 2. The Labute approximate surface area is 194 Å². The number of phenols is 2. The van der Waals surface area contributed by atoms with Crippen LogP contribution in [0, 0.1) is 0 Å². The summed E-state index contributed by atoms with van der Waals surface area (Å²) in [5.74, 6) is -0.761. The van der Waals surface area contributed by atoms with Crippen LogP contribution < -0.4 is 20.3 Å². The largest absolute Gasteiger partial charge is 0.504 e. The molecule has 1 aromatic heterocycles. The van der Waals surface area contributed by atoms with Gasteiger partial charge in [0.15, 0.2) is 23.0 Å².